The van der Waals surface area contributed by atoms with Crippen LogP contribution in [0.5, 0.6) is 5.88 Å². The van der Waals surface area contributed by atoms with Gasteiger partial charge < -0.3 is 9.84 Å². The second-order valence-electron chi connectivity index (χ2n) is 1.89. The number of thiazole rings is 1. The normalized spacial score (nSPS) is 9.55. The molecule has 1 aromatic rings. The lowest BCUT2D eigenvalue weighted by molar-refractivity contribution is -0.139. The zero-order valence-electron chi connectivity index (χ0n) is 5.90. The zero-order valence-corrected chi connectivity index (χ0v) is 6.72. The Morgan fingerprint density at radius 1 is 1.91 bits per heavy atom. The average molecular weight is 173 g/mol. The number of hydrogen-bond donors (Lipinski definition) is 1. The van der Waals surface area contributed by atoms with Crippen molar-refractivity contribution in [2.75, 3.05) is 6.61 Å². The van der Waals surface area contributed by atoms with Gasteiger partial charge in [0.05, 0.1) is 10.4 Å². The van der Waals surface area contributed by atoms with Gasteiger partial charge in [0.15, 0.2) is 6.61 Å². The van der Waals surface area contributed by atoms with E-state index in [1.807, 2.05) is 6.92 Å². The number of nitrogens with zero attached hydrogens (tertiary/aromatic N) is 1. The lowest BCUT2D eigenvalue weighted by Gasteiger charge is -1.95. The van der Waals surface area contributed by atoms with Crippen LogP contribution in [0, 0.1) is 6.92 Å². The van der Waals surface area contributed by atoms with E-state index in [2.05, 4.69) is 4.98 Å². The Bertz CT molecular complexity index is 258. The molecule has 1 rings (SSSR count). The van der Waals surface area contributed by atoms with E-state index < -0.39 is 5.97 Å². The van der Waals surface area contributed by atoms with Gasteiger partial charge in [-0.1, -0.05) is 0 Å². The van der Waals surface area contributed by atoms with Gasteiger partial charge in [0.1, 0.15) is 0 Å². The molecular formula is C6H7NO3S. The van der Waals surface area contributed by atoms with Crippen LogP contribution in [0.2, 0.25) is 0 Å². The van der Waals surface area contributed by atoms with Gasteiger partial charge in [-0.05, 0) is 6.92 Å². The molecule has 0 unspecified atom stereocenters. The van der Waals surface area contributed by atoms with E-state index in [4.69, 9.17) is 9.84 Å². The fraction of sp³-hybridized carbons (Fsp3) is 0.333. The quantitative estimate of drug-likeness (QED) is 0.738. The molecule has 1 N–H and O–H groups in total. The van der Waals surface area contributed by atoms with Gasteiger partial charge in [0.2, 0.25) is 5.88 Å². The fourth-order valence-electron chi connectivity index (χ4n) is 0.546. The summed E-state index contributed by atoms with van der Waals surface area (Å²) in [6.07, 6.45) is 0. The first-order chi connectivity index (χ1) is 5.18. The van der Waals surface area contributed by atoms with Crippen LogP contribution in [0.1, 0.15) is 5.01 Å². The van der Waals surface area contributed by atoms with E-state index >= 15 is 0 Å². The molecule has 1 aromatic heterocycles. The molecule has 0 aliphatic carbocycles. The second-order valence-corrected chi connectivity index (χ2v) is 2.95. The number of ether oxygens (including phenoxy) is 1. The first-order valence-electron chi connectivity index (χ1n) is 2.95. The van der Waals surface area contributed by atoms with Crippen molar-refractivity contribution in [1.29, 1.82) is 0 Å². The van der Waals surface area contributed by atoms with E-state index in [0.717, 1.165) is 5.01 Å². The van der Waals surface area contributed by atoms with Gasteiger partial charge >= 0.3 is 5.97 Å². The SMILES string of the molecule is Cc1nc(OCC(=O)O)cs1. The Balaban J connectivity index is 2.45. The highest BCUT2D eigenvalue weighted by atomic mass is 32.1. The van der Waals surface area contributed by atoms with Crippen molar-refractivity contribution in [3.8, 4) is 5.88 Å². The van der Waals surface area contributed by atoms with Crippen LogP contribution in [0.15, 0.2) is 5.38 Å². The van der Waals surface area contributed by atoms with E-state index in [1.54, 1.807) is 5.38 Å². The molecule has 0 amide bonds. The number of carboxylic acids is 1. The van der Waals surface area contributed by atoms with Gasteiger partial charge in [-0.3, -0.25) is 0 Å². The van der Waals surface area contributed by atoms with Crippen LogP contribution in [0.25, 0.3) is 0 Å². The number of aliphatic carboxylic acids is 1. The standard InChI is InChI=1S/C6H7NO3S/c1-4-7-5(3-11-4)10-2-6(8)9/h3H,2H2,1H3,(H,8,9). The first-order valence-corrected chi connectivity index (χ1v) is 3.83. The number of carboxylic acid groups (broad SMARTS) is 1. The van der Waals surface area contributed by atoms with E-state index in [9.17, 15) is 4.79 Å². The Hall–Kier alpha value is -1.10. The minimum absolute atomic E-state index is 0.330. The van der Waals surface area contributed by atoms with E-state index in [0.29, 0.717) is 5.88 Å². The molecule has 60 valence electrons. The van der Waals surface area contributed by atoms with Crippen LogP contribution in [0.4, 0.5) is 0 Å². The van der Waals surface area contributed by atoms with Crippen LogP contribution in [-0.2, 0) is 4.79 Å². The van der Waals surface area contributed by atoms with Crippen LogP contribution >= 0.6 is 11.3 Å². The molecule has 4 nitrogen and oxygen atoms in total. The van der Waals surface area contributed by atoms with Gasteiger partial charge in [-0.15, -0.1) is 11.3 Å². The Labute approximate surface area is 67.5 Å². The van der Waals surface area contributed by atoms with Crippen molar-refractivity contribution in [3.05, 3.63) is 10.4 Å². The minimum Gasteiger partial charge on any atom is -0.479 e. The van der Waals surface area contributed by atoms with Crippen molar-refractivity contribution in [2.24, 2.45) is 0 Å². The summed E-state index contributed by atoms with van der Waals surface area (Å²) in [6, 6.07) is 0. The Morgan fingerprint density at radius 2 is 2.64 bits per heavy atom. The highest BCUT2D eigenvalue weighted by Gasteiger charge is 2.01. The van der Waals surface area contributed by atoms with E-state index in [1.165, 1.54) is 11.3 Å². The Kier molecular flexibility index (Phi) is 2.43. The first kappa shape index (κ1) is 8.00. The molecule has 0 saturated heterocycles. The van der Waals surface area contributed by atoms with Crippen molar-refractivity contribution < 1.29 is 14.6 Å². The van der Waals surface area contributed by atoms with Crippen LogP contribution in [-0.4, -0.2) is 22.7 Å². The Morgan fingerprint density at radius 3 is 3.09 bits per heavy atom. The van der Waals surface area contributed by atoms with Gasteiger partial charge in [-0.2, -0.15) is 0 Å². The maximum Gasteiger partial charge on any atom is 0.341 e. The number of rotatable bonds is 3. The lowest BCUT2D eigenvalue weighted by Crippen LogP contribution is -2.09. The monoisotopic (exact) mass is 173 g/mol. The topological polar surface area (TPSA) is 59.4 Å². The molecule has 0 spiro atoms. The van der Waals surface area contributed by atoms with Crippen LogP contribution < -0.4 is 4.74 Å². The minimum atomic E-state index is -0.990. The molecule has 0 aromatic carbocycles. The summed E-state index contributed by atoms with van der Waals surface area (Å²) >= 11 is 1.43. The smallest absolute Gasteiger partial charge is 0.341 e. The van der Waals surface area contributed by atoms with Crippen LogP contribution in [0.3, 0.4) is 0 Å². The van der Waals surface area contributed by atoms with Gasteiger partial charge in [0.25, 0.3) is 0 Å². The lowest BCUT2D eigenvalue weighted by atomic mass is 10.7. The molecule has 11 heavy (non-hydrogen) atoms. The highest BCUT2D eigenvalue weighted by molar-refractivity contribution is 7.09. The average Bonchev–Trinajstić information content (AvgIpc) is 2.31. The molecule has 5 heteroatoms. The fourth-order valence-corrected chi connectivity index (χ4v) is 1.08. The summed E-state index contributed by atoms with van der Waals surface area (Å²) in [7, 11) is 0. The third-order valence-corrected chi connectivity index (χ3v) is 1.69. The molecule has 0 atom stereocenters. The number of carbonyl (C=O) groups is 1. The van der Waals surface area contributed by atoms with E-state index in [-0.39, 0.29) is 6.61 Å². The van der Waals surface area contributed by atoms with Crippen molar-refractivity contribution in [3.63, 3.8) is 0 Å². The van der Waals surface area contributed by atoms with Crippen molar-refractivity contribution >= 4 is 17.3 Å². The summed E-state index contributed by atoms with van der Waals surface area (Å²) in [5.74, 6) is -0.606. The second kappa shape index (κ2) is 3.34. The molecule has 0 saturated carbocycles. The summed E-state index contributed by atoms with van der Waals surface area (Å²) in [4.78, 5) is 13.9. The predicted octanol–water partition coefficient (Wildman–Crippen LogP) is 0.915. The molecule has 0 radical (unpaired) electrons. The van der Waals surface area contributed by atoms with Gasteiger partial charge in [-0.25, -0.2) is 9.78 Å². The largest absolute Gasteiger partial charge is 0.479 e. The zero-order chi connectivity index (χ0) is 8.27. The maximum absolute atomic E-state index is 10.0. The van der Waals surface area contributed by atoms with Crippen molar-refractivity contribution in [2.45, 2.75) is 6.92 Å². The maximum atomic E-state index is 10.0. The third-order valence-electron chi connectivity index (χ3n) is 0.941. The summed E-state index contributed by atoms with van der Waals surface area (Å²) in [5, 5.41) is 10.8. The van der Waals surface area contributed by atoms with Gasteiger partial charge in [0, 0.05) is 0 Å². The number of aryl methyl sites for hydroxylation is 1. The number of aromatic nitrogens is 1. The summed E-state index contributed by atoms with van der Waals surface area (Å²) in [5.41, 5.74) is 0. The third kappa shape index (κ3) is 2.55. The molecule has 0 bridgehead atoms. The number of hydrogen-bond acceptors (Lipinski definition) is 4. The molecule has 0 aliphatic rings. The molecule has 0 aliphatic heterocycles. The molecule has 1 heterocycles. The summed E-state index contributed by atoms with van der Waals surface area (Å²) < 4.78 is 4.79. The van der Waals surface area contributed by atoms with Crippen molar-refractivity contribution in [1.82, 2.24) is 4.98 Å². The molecule has 0 fully saturated rings. The summed E-state index contributed by atoms with van der Waals surface area (Å²) in [6.45, 7) is 1.50. The highest BCUT2D eigenvalue weighted by Crippen LogP contribution is 2.14. The molecular weight excluding hydrogens is 166 g/mol. The predicted molar refractivity (Wildman–Crippen MR) is 40.0 cm³/mol.